The number of hydrogen-bond donors (Lipinski definition) is 2. The first-order valence-corrected chi connectivity index (χ1v) is 8.14. The lowest BCUT2D eigenvalue weighted by Gasteiger charge is -2.07. The zero-order valence-corrected chi connectivity index (χ0v) is 11.9. The minimum absolute atomic E-state index is 0.0896. The minimum Gasteiger partial charge on any atom is -0.330 e. The zero-order chi connectivity index (χ0) is 14.0. The summed E-state index contributed by atoms with van der Waals surface area (Å²) in [6.07, 6.45) is 3.41. The Kier molecular flexibility index (Phi) is 7.66. The smallest absolute Gasteiger partial charge is 0.233 e. The van der Waals surface area contributed by atoms with Crippen molar-refractivity contribution < 1.29 is 13.3 Å². The molecule has 0 amide bonds. The summed E-state index contributed by atoms with van der Waals surface area (Å²) < 4.78 is 23.2. The lowest BCUT2D eigenvalue weighted by molar-refractivity contribution is 0.0795. The van der Waals surface area contributed by atoms with Crippen LogP contribution in [0.25, 0.3) is 0 Å². The molecule has 0 fully saturated rings. The number of hydrogen-bond acceptors (Lipinski definition) is 4. The zero-order valence-electron chi connectivity index (χ0n) is 11.0. The molecule has 0 saturated heterocycles. The number of nitrogens with two attached hydrogens (primary N) is 1. The second kappa shape index (κ2) is 9.03. The van der Waals surface area contributed by atoms with E-state index in [0.717, 1.165) is 24.8 Å². The highest BCUT2D eigenvalue weighted by Crippen LogP contribution is 2.03. The number of sulfonamides is 1. The van der Waals surface area contributed by atoms with Crippen LogP contribution in [0.5, 0.6) is 0 Å². The van der Waals surface area contributed by atoms with Crippen LogP contribution in [-0.2, 0) is 21.5 Å². The summed E-state index contributed by atoms with van der Waals surface area (Å²) in [6, 6.07) is 9.41. The van der Waals surface area contributed by atoms with Gasteiger partial charge in [-0.3, -0.25) is 4.84 Å². The standard InChI is InChI=1S/C13H22N2O3S/c14-10-6-1-2-7-11-19(16,17)15-18-12-13-8-4-3-5-9-13/h3-5,8-9,15H,1-2,6-7,10-12,14H2. The normalized spacial score (nSPS) is 11.6. The second-order valence-electron chi connectivity index (χ2n) is 4.38. The Morgan fingerprint density at radius 3 is 2.42 bits per heavy atom. The van der Waals surface area contributed by atoms with Gasteiger partial charge in [-0.15, -0.1) is 0 Å². The van der Waals surface area contributed by atoms with E-state index in [9.17, 15) is 8.42 Å². The topological polar surface area (TPSA) is 81.4 Å². The van der Waals surface area contributed by atoms with Gasteiger partial charge >= 0.3 is 0 Å². The van der Waals surface area contributed by atoms with Crippen molar-refractivity contribution in [1.82, 2.24) is 4.89 Å². The summed E-state index contributed by atoms with van der Waals surface area (Å²) in [5, 5.41) is 0. The first kappa shape index (κ1) is 16.1. The molecule has 0 aliphatic carbocycles. The molecular formula is C13H22N2O3S. The van der Waals surface area contributed by atoms with E-state index >= 15 is 0 Å². The van der Waals surface area contributed by atoms with E-state index in [0.29, 0.717) is 13.0 Å². The summed E-state index contributed by atoms with van der Waals surface area (Å²) in [4.78, 5) is 7.15. The molecule has 0 unspecified atom stereocenters. The Hall–Kier alpha value is -0.950. The van der Waals surface area contributed by atoms with Crippen LogP contribution in [0, 0.1) is 0 Å². The average Bonchev–Trinajstić information content (AvgIpc) is 2.39. The maximum atomic E-state index is 11.6. The molecule has 1 rings (SSSR count). The first-order chi connectivity index (χ1) is 9.14. The van der Waals surface area contributed by atoms with Crippen molar-refractivity contribution in [2.75, 3.05) is 12.3 Å². The molecule has 0 aliphatic heterocycles. The van der Waals surface area contributed by atoms with Crippen LogP contribution in [0.2, 0.25) is 0 Å². The monoisotopic (exact) mass is 286 g/mol. The van der Waals surface area contributed by atoms with Gasteiger partial charge in [0.2, 0.25) is 10.0 Å². The van der Waals surface area contributed by atoms with Gasteiger partial charge in [0.25, 0.3) is 0 Å². The Balaban J connectivity index is 2.16. The maximum absolute atomic E-state index is 11.6. The number of benzene rings is 1. The first-order valence-electron chi connectivity index (χ1n) is 6.49. The highest BCUT2D eigenvalue weighted by Gasteiger charge is 2.09. The molecule has 0 atom stereocenters. The van der Waals surface area contributed by atoms with Gasteiger partial charge in [-0.05, 0) is 24.9 Å². The van der Waals surface area contributed by atoms with Gasteiger partial charge in [-0.1, -0.05) is 48.1 Å². The van der Waals surface area contributed by atoms with Crippen LogP contribution < -0.4 is 10.6 Å². The number of nitrogens with one attached hydrogen (secondary N) is 1. The molecule has 0 bridgehead atoms. The summed E-state index contributed by atoms with van der Waals surface area (Å²) >= 11 is 0. The lowest BCUT2D eigenvalue weighted by Crippen LogP contribution is -2.26. The van der Waals surface area contributed by atoms with Crippen molar-refractivity contribution in [2.45, 2.75) is 32.3 Å². The van der Waals surface area contributed by atoms with Gasteiger partial charge < -0.3 is 5.73 Å². The molecule has 6 heteroatoms. The fourth-order valence-corrected chi connectivity index (χ4v) is 2.51. The molecule has 0 aromatic heterocycles. The third-order valence-corrected chi connectivity index (χ3v) is 3.83. The van der Waals surface area contributed by atoms with Crippen molar-refractivity contribution >= 4 is 10.0 Å². The fraction of sp³-hybridized carbons (Fsp3) is 0.538. The van der Waals surface area contributed by atoms with Gasteiger partial charge in [0.05, 0.1) is 12.4 Å². The Bertz CT molecular complexity index is 434. The van der Waals surface area contributed by atoms with E-state index in [1.54, 1.807) is 0 Å². The van der Waals surface area contributed by atoms with Crippen LogP contribution in [-0.4, -0.2) is 20.7 Å². The van der Waals surface area contributed by atoms with Gasteiger partial charge in [-0.25, -0.2) is 8.42 Å². The maximum Gasteiger partial charge on any atom is 0.233 e. The number of unbranched alkanes of at least 4 members (excludes halogenated alkanes) is 3. The Morgan fingerprint density at radius 2 is 1.74 bits per heavy atom. The molecule has 108 valence electrons. The predicted octanol–water partition coefficient (Wildman–Crippen LogP) is 1.56. The average molecular weight is 286 g/mol. The molecule has 5 nitrogen and oxygen atoms in total. The third kappa shape index (κ3) is 7.94. The van der Waals surface area contributed by atoms with Gasteiger partial charge in [0, 0.05) is 0 Å². The lowest BCUT2D eigenvalue weighted by atomic mass is 10.2. The summed E-state index contributed by atoms with van der Waals surface area (Å²) in [7, 11) is -3.34. The molecule has 0 aliphatic rings. The van der Waals surface area contributed by atoms with Crippen molar-refractivity contribution in [1.29, 1.82) is 0 Å². The molecule has 0 heterocycles. The SMILES string of the molecule is NCCCCCCS(=O)(=O)NOCc1ccccc1. The second-order valence-corrected chi connectivity index (χ2v) is 6.18. The minimum atomic E-state index is -3.34. The molecule has 0 spiro atoms. The molecular weight excluding hydrogens is 264 g/mol. The van der Waals surface area contributed by atoms with Crippen LogP contribution in [0.15, 0.2) is 30.3 Å². The van der Waals surface area contributed by atoms with Crippen LogP contribution >= 0.6 is 0 Å². The van der Waals surface area contributed by atoms with Crippen molar-refractivity contribution in [3.63, 3.8) is 0 Å². The fourth-order valence-electron chi connectivity index (χ4n) is 1.61. The van der Waals surface area contributed by atoms with Gasteiger partial charge in [0.15, 0.2) is 0 Å². The van der Waals surface area contributed by atoms with Crippen molar-refractivity contribution in [3.05, 3.63) is 35.9 Å². The van der Waals surface area contributed by atoms with E-state index in [1.165, 1.54) is 0 Å². The quantitative estimate of drug-likeness (QED) is 0.505. The van der Waals surface area contributed by atoms with E-state index in [2.05, 4.69) is 4.89 Å². The van der Waals surface area contributed by atoms with Crippen LogP contribution in [0.4, 0.5) is 0 Å². The third-order valence-electron chi connectivity index (χ3n) is 2.63. The van der Waals surface area contributed by atoms with Crippen LogP contribution in [0.3, 0.4) is 0 Å². The van der Waals surface area contributed by atoms with E-state index < -0.39 is 10.0 Å². The van der Waals surface area contributed by atoms with E-state index in [1.807, 2.05) is 30.3 Å². The molecule has 0 radical (unpaired) electrons. The largest absolute Gasteiger partial charge is 0.330 e. The molecule has 0 saturated carbocycles. The van der Waals surface area contributed by atoms with E-state index in [4.69, 9.17) is 10.6 Å². The molecule has 19 heavy (non-hydrogen) atoms. The van der Waals surface area contributed by atoms with Crippen molar-refractivity contribution in [3.8, 4) is 0 Å². The highest BCUT2D eigenvalue weighted by atomic mass is 32.2. The Labute approximate surface area is 115 Å². The Morgan fingerprint density at radius 1 is 1.05 bits per heavy atom. The summed E-state index contributed by atoms with van der Waals surface area (Å²) in [5.74, 6) is 0.0896. The number of rotatable bonds is 10. The van der Waals surface area contributed by atoms with Crippen LogP contribution in [0.1, 0.15) is 31.2 Å². The molecule has 3 N–H and O–H groups in total. The molecule has 1 aromatic carbocycles. The summed E-state index contributed by atoms with van der Waals surface area (Å²) in [6.45, 7) is 0.887. The van der Waals surface area contributed by atoms with Gasteiger partial charge in [0.1, 0.15) is 0 Å². The highest BCUT2D eigenvalue weighted by molar-refractivity contribution is 7.89. The summed E-state index contributed by atoms with van der Waals surface area (Å²) in [5.41, 5.74) is 6.29. The van der Waals surface area contributed by atoms with Gasteiger partial charge in [-0.2, -0.15) is 0 Å². The van der Waals surface area contributed by atoms with E-state index in [-0.39, 0.29) is 12.4 Å². The predicted molar refractivity (Wildman–Crippen MR) is 75.7 cm³/mol. The van der Waals surface area contributed by atoms with Crippen molar-refractivity contribution in [2.24, 2.45) is 5.73 Å². The molecule has 1 aromatic rings.